The van der Waals surface area contributed by atoms with Gasteiger partial charge in [0.05, 0.1) is 17.5 Å². The second-order valence-corrected chi connectivity index (χ2v) is 6.82. The average molecular weight is 407 g/mol. The molecule has 0 spiro atoms. The molecule has 2 aromatic carbocycles. The Kier molecular flexibility index (Phi) is 4.80. The molecule has 4 aromatic rings. The fourth-order valence-corrected chi connectivity index (χ4v) is 3.30. The maximum Gasteiger partial charge on any atom is 0.345 e. The third kappa shape index (κ3) is 3.85. The number of hydrogen-bond acceptors (Lipinski definition) is 8. The lowest BCUT2D eigenvalue weighted by molar-refractivity contribution is 0.0955. The molecule has 0 fully saturated rings. The molecule has 4 rings (SSSR count). The van der Waals surface area contributed by atoms with Gasteiger partial charge in [0, 0.05) is 16.3 Å². The molecule has 2 heterocycles. The van der Waals surface area contributed by atoms with E-state index in [4.69, 9.17) is 4.42 Å². The van der Waals surface area contributed by atoms with Crippen LogP contribution >= 0.6 is 11.3 Å². The number of carbonyl (C=O) groups excluding carboxylic acids is 1. The Balaban J connectivity index is 1.54. The third-order valence-electron chi connectivity index (χ3n) is 4.00. The van der Waals surface area contributed by atoms with Crippen molar-refractivity contribution in [1.29, 1.82) is 0 Å². The van der Waals surface area contributed by atoms with Crippen LogP contribution in [0.5, 0.6) is 11.5 Å². The van der Waals surface area contributed by atoms with Crippen LogP contribution in [0.25, 0.3) is 22.2 Å². The van der Waals surface area contributed by atoms with E-state index in [2.05, 4.69) is 15.5 Å². The number of nitrogens with zero attached hydrogens (tertiary/aromatic N) is 2. The van der Waals surface area contributed by atoms with Crippen LogP contribution in [0.4, 0.5) is 0 Å². The van der Waals surface area contributed by atoms with Gasteiger partial charge in [-0.3, -0.25) is 4.79 Å². The van der Waals surface area contributed by atoms with E-state index in [0.29, 0.717) is 11.3 Å². The zero-order chi connectivity index (χ0) is 20.4. The van der Waals surface area contributed by atoms with E-state index >= 15 is 0 Å². The number of fused-ring (bicyclic) bond motifs is 1. The monoisotopic (exact) mass is 407 g/mol. The fourth-order valence-electron chi connectivity index (χ4n) is 2.60. The Labute approximate surface area is 167 Å². The summed E-state index contributed by atoms with van der Waals surface area (Å²) in [6, 6.07) is 12.7. The highest BCUT2D eigenvalue weighted by Crippen LogP contribution is 2.23. The van der Waals surface area contributed by atoms with Crippen LogP contribution in [0, 0.1) is 0 Å². The first kappa shape index (κ1) is 18.4. The van der Waals surface area contributed by atoms with Gasteiger partial charge in [-0.25, -0.2) is 15.2 Å². The van der Waals surface area contributed by atoms with Gasteiger partial charge in [0.2, 0.25) is 0 Å². The minimum atomic E-state index is -0.581. The van der Waals surface area contributed by atoms with Crippen LogP contribution < -0.4 is 11.1 Å². The number of aromatic hydroxyl groups is 2. The first-order chi connectivity index (χ1) is 14.0. The van der Waals surface area contributed by atoms with Crippen molar-refractivity contribution < 1.29 is 19.4 Å². The predicted molar refractivity (Wildman–Crippen MR) is 108 cm³/mol. The van der Waals surface area contributed by atoms with Crippen LogP contribution in [0.15, 0.2) is 68.2 Å². The zero-order valence-corrected chi connectivity index (χ0v) is 15.5. The highest BCUT2D eigenvalue weighted by molar-refractivity contribution is 7.12. The number of rotatable bonds is 4. The number of benzene rings is 2. The summed E-state index contributed by atoms with van der Waals surface area (Å²) in [7, 11) is 0. The summed E-state index contributed by atoms with van der Waals surface area (Å²) < 4.78 is 5.29. The number of phenolic OH excluding ortho intramolecular Hbond substituents is 2. The van der Waals surface area contributed by atoms with E-state index in [9.17, 15) is 19.8 Å². The van der Waals surface area contributed by atoms with E-state index in [1.165, 1.54) is 24.4 Å². The highest BCUT2D eigenvalue weighted by atomic mass is 32.1. The lowest BCUT2D eigenvalue weighted by atomic mass is 10.1. The molecule has 0 aliphatic heterocycles. The van der Waals surface area contributed by atoms with E-state index in [-0.39, 0.29) is 27.6 Å². The second kappa shape index (κ2) is 7.56. The number of para-hydroxylation sites is 1. The highest BCUT2D eigenvalue weighted by Gasteiger charge is 2.15. The van der Waals surface area contributed by atoms with Crippen molar-refractivity contribution in [3.8, 4) is 22.8 Å². The number of phenols is 2. The molecule has 0 unspecified atom stereocenters. The molecular formula is C20H13N3O5S. The molecular weight excluding hydrogens is 394 g/mol. The van der Waals surface area contributed by atoms with Gasteiger partial charge in [0.25, 0.3) is 5.91 Å². The van der Waals surface area contributed by atoms with Gasteiger partial charge in [0.1, 0.15) is 17.1 Å². The summed E-state index contributed by atoms with van der Waals surface area (Å²) in [6.07, 6.45) is 1.19. The third-order valence-corrected chi connectivity index (χ3v) is 4.84. The molecule has 1 amide bonds. The van der Waals surface area contributed by atoms with Crippen molar-refractivity contribution in [1.82, 2.24) is 10.4 Å². The molecule has 0 saturated carbocycles. The van der Waals surface area contributed by atoms with Gasteiger partial charge in [-0.1, -0.05) is 18.2 Å². The molecule has 2 aromatic heterocycles. The number of nitrogens with one attached hydrogen (secondary N) is 1. The molecule has 144 valence electrons. The molecule has 29 heavy (non-hydrogen) atoms. The molecule has 8 nitrogen and oxygen atoms in total. The van der Waals surface area contributed by atoms with Gasteiger partial charge in [-0.15, -0.1) is 11.3 Å². The van der Waals surface area contributed by atoms with Crippen LogP contribution in [0.2, 0.25) is 0 Å². The number of hydrazone groups is 1. The maximum atomic E-state index is 12.2. The molecule has 0 aliphatic carbocycles. The normalized spacial score (nSPS) is 11.2. The molecule has 9 heteroatoms. The standard InChI is InChI=1S/C20H13N3O5S/c24-13-5-6-16(25)12(7-13)9-21-23-18(26)19-22-15(10-29-19)14-8-11-3-1-2-4-17(11)28-20(14)27/h1-10,24-25H,(H,23,26)/b21-9+. The topological polar surface area (TPSA) is 125 Å². The van der Waals surface area contributed by atoms with Gasteiger partial charge < -0.3 is 14.6 Å². The average Bonchev–Trinajstić information content (AvgIpc) is 3.20. The lowest BCUT2D eigenvalue weighted by Gasteiger charge is -2.00. The Bertz CT molecular complexity index is 1310. The van der Waals surface area contributed by atoms with Crippen molar-refractivity contribution in [2.45, 2.75) is 0 Å². The molecule has 0 atom stereocenters. The fraction of sp³-hybridized carbons (Fsp3) is 0. The lowest BCUT2D eigenvalue weighted by Crippen LogP contribution is -2.17. The largest absolute Gasteiger partial charge is 0.508 e. The van der Waals surface area contributed by atoms with Crippen molar-refractivity contribution >= 4 is 34.4 Å². The second-order valence-electron chi connectivity index (χ2n) is 5.97. The van der Waals surface area contributed by atoms with Crippen LogP contribution in [-0.4, -0.2) is 27.3 Å². The van der Waals surface area contributed by atoms with Crippen LogP contribution in [0.1, 0.15) is 15.4 Å². The molecule has 0 bridgehead atoms. The first-order valence-corrected chi connectivity index (χ1v) is 9.23. The van der Waals surface area contributed by atoms with Gasteiger partial charge >= 0.3 is 5.63 Å². The number of carbonyl (C=O) groups is 1. The van der Waals surface area contributed by atoms with Crippen LogP contribution in [0.3, 0.4) is 0 Å². The van der Waals surface area contributed by atoms with Crippen LogP contribution in [-0.2, 0) is 0 Å². The van der Waals surface area contributed by atoms with Gasteiger partial charge in [-0.05, 0) is 30.3 Å². The first-order valence-electron chi connectivity index (χ1n) is 8.35. The van der Waals surface area contributed by atoms with Crippen molar-refractivity contribution in [2.24, 2.45) is 5.10 Å². The number of hydrogen-bond donors (Lipinski definition) is 3. The number of thiazole rings is 1. The quantitative estimate of drug-likeness (QED) is 0.207. The Hall–Kier alpha value is -3.98. The Morgan fingerprint density at radius 3 is 2.86 bits per heavy atom. The summed E-state index contributed by atoms with van der Waals surface area (Å²) in [4.78, 5) is 28.7. The minimum Gasteiger partial charge on any atom is -0.508 e. The SMILES string of the molecule is O=C(N/N=C/c1cc(O)ccc1O)c1nc(-c2cc3ccccc3oc2=O)cs1. The smallest absolute Gasteiger partial charge is 0.345 e. The summed E-state index contributed by atoms with van der Waals surface area (Å²) in [6.45, 7) is 0. The zero-order valence-electron chi connectivity index (χ0n) is 14.7. The number of aromatic nitrogens is 1. The summed E-state index contributed by atoms with van der Waals surface area (Å²) in [5.41, 5.74) is 3.04. The van der Waals surface area contributed by atoms with Gasteiger partial charge in [0.15, 0.2) is 5.01 Å². The maximum absolute atomic E-state index is 12.2. The van der Waals surface area contributed by atoms with Crippen molar-refractivity contribution in [2.75, 3.05) is 0 Å². The van der Waals surface area contributed by atoms with E-state index in [0.717, 1.165) is 16.7 Å². The van der Waals surface area contributed by atoms with Crippen molar-refractivity contribution in [3.05, 3.63) is 74.9 Å². The summed E-state index contributed by atoms with van der Waals surface area (Å²) in [5, 5.41) is 25.3. The minimum absolute atomic E-state index is 0.0469. The number of amides is 1. The van der Waals surface area contributed by atoms with Gasteiger partial charge in [-0.2, -0.15) is 5.10 Å². The summed E-state index contributed by atoms with van der Waals surface area (Å²) >= 11 is 1.05. The molecule has 3 N–H and O–H groups in total. The summed E-state index contributed by atoms with van der Waals surface area (Å²) in [5.74, 6) is -0.725. The Morgan fingerprint density at radius 2 is 2.00 bits per heavy atom. The molecule has 0 saturated heterocycles. The molecule has 0 aliphatic rings. The van der Waals surface area contributed by atoms with Crippen molar-refractivity contribution in [3.63, 3.8) is 0 Å². The molecule has 0 radical (unpaired) electrons. The van der Waals surface area contributed by atoms with E-state index < -0.39 is 11.5 Å². The Morgan fingerprint density at radius 1 is 1.17 bits per heavy atom. The predicted octanol–water partition coefficient (Wildman–Crippen LogP) is 3.09. The van der Waals surface area contributed by atoms with E-state index in [1.807, 2.05) is 12.1 Å². The van der Waals surface area contributed by atoms with E-state index in [1.54, 1.807) is 23.6 Å².